The summed E-state index contributed by atoms with van der Waals surface area (Å²) in [5, 5.41) is 8.88. The number of pyridine rings is 1. The highest BCUT2D eigenvalue weighted by atomic mass is 32.2. The monoisotopic (exact) mass is 309 g/mol. The molecule has 21 heavy (non-hydrogen) atoms. The molecule has 1 fully saturated rings. The molecule has 0 aromatic carbocycles. The Morgan fingerprint density at radius 3 is 3.00 bits per heavy atom. The molecule has 0 radical (unpaired) electrons. The molecule has 2 aromatic heterocycles. The van der Waals surface area contributed by atoms with E-state index in [1.807, 2.05) is 10.6 Å². The van der Waals surface area contributed by atoms with E-state index in [4.69, 9.17) is 0 Å². The van der Waals surface area contributed by atoms with Crippen LogP contribution in [0.4, 0.5) is 0 Å². The molecular weight excluding hydrogens is 290 g/mol. The topological polar surface area (TPSA) is 85.1 Å². The fourth-order valence-corrected chi connectivity index (χ4v) is 4.82. The van der Waals surface area contributed by atoms with Crippen LogP contribution >= 0.6 is 0 Å². The van der Waals surface area contributed by atoms with Crippen molar-refractivity contribution in [2.24, 2.45) is 0 Å². The Labute approximate surface area is 123 Å². The lowest BCUT2D eigenvalue weighted by Crippen LogP contribution is -2.31. The summed E-state index contributed by atoms with van der Waals surface area (Å²) in [7, 11) is -3.03. The van der Waals surface area contributed by atoms with Gasteiger partial charge in [-0.3, -0.25) is 0 Å². The van der Waals surface area contributed by atoms with E-state index in [0.29, 0.717) is 30.9 Å². The third kappa shape index (κ3) is 2.80. The van der Waals surface area contributed by atoms with Crippen molar-refractivity contribution < 1.29 is 13.5 Å². The van der Waals surface area contributed by atoms with Crippen LogP contribution in [0.2, 0.25) is 0 Å². The van der Waals surface area contributed by atoms with Crippen LogP contribution < -0.4 is 0 Å². The maximum absolute atomic E-state index is 12.2. The van der Waals surface area contributed by atoms with Crippen molar-refractivity contribution in [1.82, 2.24) is 14.5 Å². The van der Waals surface area contributed by atoms with Gasteiger partial charge in [0.05, 0.1) is 17.6 Å². The first-order valence-corrected chi connectivity index (χ1v) is 8.96. The van der Waals surface area contributed by atoms with Gasteiger partial charge in [0, 0.05) is 19.2 Å². The van der Waals surface area contributed by atoms with Crippen LogP contribution in [0.3, 0.4) is 0 Å². The van der Waals surface area contributed by atoms with E-state index in [1.165, 1.54) is 0 Å². The zero-order valence-corrected chi connectivity index (χ0v) is 12.6. The first kappa shape index (κ1) is 14.5. The molecule has 6 nitrogen and oxygen atoms in total. The molecule has 1 aliphatic rings. The Balaban J connectivity index is 1.98. The maximum atomic E-state index is 12.2. The van der Waals surface area contributed by atoms with Crippen molar-refractivity contribution in [3.63, 3.8) is 0 Å². The summed E-state index contributed by atoms with van der Waals surface area (Å²) in [6.45, 7) is 0.363. The van der Waals surface area contributed by atoms with Crippen LogP contribution in [0, 0.1) is 0 Å². The highest BCUT2D eigenvalue weighted by molar-refractivity contribution is 7.92. The van der Waals surface area contributed by atoms with Crippen molar-refractivity contribution in [2.45, 2.75) is 37.5 Å². The van der Waals surface area contributed by atoms with Gasteiger partial charge in [-0.25, -0.2) is 18.4 Å². The van der Waals surface area contributed by atoms with Gasteiger partial charge >= 0.3 is 0 Å². The third-order valence-electron chi connectivity index (χ3n) is 4.03. The molecule has 1 aliphatic heterocycles. The smallest absolute Gasteiger partial charge is 0.160 e. The number of nitrogens with zero attached hydrogens (tertiary/aromatic N) is 3. The first-order chi connectivity index (χ1) is 10.1. The van der Waals surface area contributed by atoms with Crippen molar-refractivity contribution in [1.29, 1.82) is 0 Å². The number of aliphatic hydroxyl groups is 1. The average Bonchev–Trinajstić information content (AvgIpc) is 2.80. The van der Waals surface area contributed by atoms with Gasteiger partial charge < -0.3 is 9.67 Å². The highest BCUT2D eigenvalue weighted by Gasteiger charge is 2.30. The van der Waals surface area contributed by atoms with Crippen LogP contribution in [0.25, 0.3) is 11.2 Å². The quantitative estimate of drug-likeness (QED) is 0.908. The molecule has 114 valence electrons. The van der Waals surface area contributed by atoms with Crippen LogP contribution in [0.15, 0.2) is 18.3 Å². The summed E-state index contributed by atoms with van der Waals surface area (Å²) >= 11 is 0. The third-order valence-corrected chi connectivity index (χ3v) is 6.31. The Hall–Kier alpha value is -1.47. The average molecular weight is 309 g/mol. The highest BCUT2D eigenvalue weighted by Crippen LogP contribution is 2.24. The molecule has 3 rings (SSSR count). The fourth-order valence-electron chi connectivity index (χ4n) is 2.95. The van der Waals surface area contributed by atoms with Crippen LogP contribution in [0.5, 0.6) is 0 Å². The molecule has 2 aromatic rings. The largest absolute Gasteiger partial charge is 0.395 e. The summed E-state index contributed by atoms with van der Waals surface area (Å²) in [6.07, 6.45) is 4.48. The van der Waals surface area contributed by atoms with Crippen molar-refractivity contribution in [2.75, 3.05) is 12.4 Å². The summed E-state index contributed by atoms with van der Waals surface area (Å²) < 4.78 is 26.2. The number of aliphatic hydroxyl groups excluding tert-OH is 1. The summed E-state index contributed by atoms with van der Waals surface area (Å²) in [4.78, 5) is 8.81. The van der Waals surface area contributed by atoms with E-state index in [2.05, 4.69) is 9.97 Å². The molecule has 1 atom stereocenters. The number of hydrogen-bond donors (Lipinski definition) is 1. The van der Waals surface area contributed by atoms with Crippen LogP contribution in [-0.2, 0) is 22.8 Å². The lowest BCUT2D eigenvalue weighted by Gasteiger charge is -2.22. The van der Waals surface area contributed by atoms with Crippen molar-refractivity contribution >= 4 is 21.0 Å². The molecule has 3 heterocycles. The number of hydrogen-bond acceptors (Lipinski definition) is 5. The van der Waals surface area contributed by atoms with E-state index in [9.17, 15) is 13.5 Å². The molecule has 7 heteroatoms. The van der Waals surface area contributed by atoms with Crippen LogP contribution in [-0.4, -0.2) is 45.7 Å². The molecule has 1 N–H and O–H groups in total. The zero-order chi connectivity index (χ0) is 14.9. The van der Waals surface area contributed by atoms with Crippen LogP contribution in [0.1, 0.15) is 25.1 Å². The van der Waals surface area contributed by atoms with Gasteiger partial charge in [0.25, 0.3) is 0 Å². The normalized spacial score (nSPS) is 21.7. The van der Waals surface area contributed by atoms with E-state index >= 15 is 0 Å². The molecular formula is C14H19N3O3S. The van der Waals surface area contributed by atoms with E-state index < -0.39 is 9.84 Å². The van der Waals surface area contributed by atoms with Gasteiger partial charge in [0.1, 0.15) is 11.3 Å². The maximum Gasteiger partial charge on any atom is 0.160 e. The SMILES string of the molecule is O=S1(=O)CCCCC1Cc1nc2cccnc2n1CCO. The number of aromatic nitrogens is 3. The molecule has 0 aliphatic carbocycles. The molecule has 0 saturated carbocycles. The summed E-state index contributed by atoms with van der Waals surface area (Å²) in [5.74, 6) is 0.976. The molecule has 0 bridgehead atoms. The summed E-state index contributed by atoms with van der Waals surface area (Å²) in [5.41, 5.74) is 1.45. The molecule has 1 saturated heterocycles. The minimum Gasteiger partial charge on any atom is -0.395 e. The van der Waals surface area contributed by atoms with Gasteiger partial charge in [-0.1, -0.05) is 6.42 Å². The second-order valence-corrected chi connectivity index (χ2v) is 7.84. The Bertz CT molecular complexity index is 739. The number of fused-ring (bicyclic) bond motifs is 1. The number of imidazole rings is 1. The minimum absolute atomic E-state index is 0.0214. The van der Waals surface area contributed by atoms with Gasteiger partial charge in [0.2, 0.25) is 0 Å². The first-order valence-electron chi connectivity index (χ1n) is 7.24. The molecule has 1 unspecified atom stereocenters. The predicted octanol–water partition coefficient (Wildman–Crippen LogP) is 0.933. The van der Waals surface area contributed by atoms with Gasteiger partial charge in [-0.05, 0) is 25.0 Å². The standard InChI is InChI=1S/C14H19N3O3S/c18-8-7-17-13(16-12-5-3-6-15-14(12)17)10-11-4-1-2-9-21(11,19)20/h3,5-6,11,18H,1-2,4,7-10H2. The number of sulfone groups is 1. The molecule has 0 spiro atoms. The van der Waals surface area contributed by atoms with E-state index in [-0.39, 0.29) is 17.6 Å². The Morgan fingerprint density at radius 2 is 2.24 bits per heavy atom. The second-order valence-electron chi connectivity index (χ2n) is 5.44. The second kappa shape index (κ2) is 5.73. The minimum atomic E-state index is -3.03. The summed E-state index contributed by atoms with van der Waals surface area (Å²) in [6, 6.07) is 3.66. The van der Waals surface area contributed by atoms with E-state index in [0.717, 1.165) is 18.4 Å². The van der Waals surface area contributed by atoms with Gasteiger partial charge in [-0.2, -0.15) is 0 Å². The predicted molar refractivity (Wildman–Crippen MR) is 79.7 cm³/mol. The molecule has 0 amide bonds. The van der Waals surface area contributed by atoms with Crippen molar-refractivity contribution in [3.8, 4) is 0 Å². The fraction of sp³-hybridized carbons (Fsp3) is 0.571. The lowest BCUT2D eigenvalue weighted by atomic mass is 10.1. The lowest BCUT2D eigenvalue weighted by molar-refractivity contribution is 0.275. The Kier molecular flexibility index (Phi) is 3.95. The zero-order valence-electron chi connectivity index (χ0n) is 11.8. The van der Waals surface area contributed by atoms with Gasteiger partial charge in [-0.15, -0.1) is 0 Å². The van der Waals surface area contributed by atoms with Crippen molar-refractivity contribution in [3.05, 3.63) is 24.2 Å². The van der Waals surface area contributed by atoms with Gasteiger partial charge in [0.15, 0.2) is 15.5 Å². The Morgan fingerprint density at radius 1 is 1.38 bits per heavy atom. The van der Waals surface area contributed by atoms with E-state index in [1.54, 1.807) is 12.3 Å². The number of rotatable bonds is 4.